The molecular weight excluding hydrogens is 415 g/mol. The van der Waals surface area contributed by atoms with Crippen molar-refractivity contribution in [1.82, 2.24) is 4.57 Å². The van der Waals surface area contributed by atoms with Gasteiger partial charge in [0.05, 0.1) is 18.5 Å². The second kappa shape index (κ2) is 9.74. The zero-order valence-electron chi connectivity index (χ0n) is 19.3. The van der Waals surface area contributed by atoms with E-state index in [4.69, 9.17) is 9.57 Å². The van der Waals surface area contributed by atoms with E-state index in [9.17, 15) is 4.39 Å². The molecule has 4 aromatic rings. The highest BCUT2D eigenvalue weighted by Crippen LogP contribution is 2.30. The number of methoxy groups -OCH3 is 1. The monoisotopic (exact) mass is 442 g/mol. The van der Waals surface area contributed by atoms with Crippen LogP contribution in [-0.4, -0.2) is 17.4 Å². The van der Waals surface area contributed by atoms with Crippen LogP contribution in [0.3, 0.4) is 0 Å². The Balaban J connectivity index is 1.68. The fourth-order valence-corrected chi connectivity index (χ4v) is 3.88. The summed E-state index contributed by atoms with van der Waals surface area (Å²) in [6.45, 7) is 6.43. The molecule has 168 valence electrons. The lowest BCUT2D eigenvalue weighted by Crippen LogP contribution is -2.03. The molecule has 0 radical (unpaired) electrons. The molecule has 0 bridgehead atoms. The molecule has 4 nitrogen and oxygen atoms in total. The Bertz CT molecular complexity index is 1270. The first-order valence-corrected chi connectivity index (χ1v) is 10.8. The molecule has 0 unspecified atom stereocenters. The lowest BCUT2D eigenvalue weighted by Gasteiger charge is -2.13. The average molecular weight is 443 g/mol. The van der Waals surface area contributed by atoms with Gasteiger partial charge in [-0.3, -0.25) is 0 Å². The lowest BCUT2D eigenvalue weighted by atomic mass is 10.1. The second-order valence-corrected chi connectivity index (χ2v) is 8.01. The van der Waals surface area contributed by atoms with Crippen LogP contribution in [0.5, 0.6) is 5.75 Å². The van der Waals surface area contributed by atoms with Crippen molar-refractivity contribution in [2.45, 2.75) is 27.4 Å². The van der Waals surface area contributed by atoms with Crippen LogP contribution in [0.2, 0.25) is 0 Å². The van der Waals surface area contributed by atoms with Crippen LogP contribution >= 0.6 is 0 Å². The summed E-state index contributed by atoms with van der Waals surface area (Å²) in [4.78, 5) is 5.65. The molecule has 0 saturated carbocycles. The summed E-state index contributed by atoms with van der Waals surface area (Å²) < 4.78 is 20.9. The fourth-order valence-electron chi connectivity index (χ4n) is 3.88. The van der Waals surface area contributed by atoms with Crippen molar-refractivity contribution >= 4 is 5.71 Å². The van der Waals surface area contributed by atoms with Gasteiger partial charge in [0.2, 0.25) is 0 Å². The molecule has 3 aromatic carbocycles. The Morgan fingerprint density at radius 1 is 0.939 bits per heavy atom. The van der Waals surface area contributed by atoms with Crippen molar-refractivity contribution in [2.24, 2.45) is 5.16 Å². The summed E-state index contributed by atoms with van der Waals surface area (Å²) in [5.41, 5.74) is 7.91. The van der Waals surface area contributed by atoms with E-state index in [0.29, 0.717) is 6.61 Å². The molecule has 0 aliphatic rings. The van der Waals surface area contributed by atoms with E-state index < -0.39 is 0 Å². The Morgan fingerprint density at radius 2 is 1.67 bits per heavy atom. The Labute approximate surface area is 193 Å². The van der Waals surface area contributed by atoms with Crippen LogP contribution in [0.15, 0.2) is 84.0 Å². The van der Waals surface area contributed by atoms with Gasteiger partial charge in [-0.1, -0.05) is 29.4 Å². The fraction of sp³-hybridized carbons (Fsp3) is 0.179. The van der Waals surface area contributed by atoms with Crippen molar-refractivity contribution in [2.75, 3.05) is 7.11 Å². The van der Waals surface area contributed by atoms with Crippen LogP contribution < -0.4 is 4.74 Å². The number of hydrogen-bond acceptors (Lipinski definition) is 3. The van der Waals surface area contributed by atoms with Crippen molar-refractivity contribution in [3.05, 3.63) is 107 Å². The summed E-state index contributed by atoms with van der Waals surface area (Å²) in [6, 6.07) is 24.7. The second-order valence-electron chi connectivity index (χ2n) is 8.01. The first-order chi connectivity index (χ1) is 16.0. The van der Waals surface area contributed by atoms with E-state index in [-0.39, 0.29) is 5.82 Å². The van der Waals surface area contributed by atoms with Crippen LogP contribution in [0.1, 0.15) is 29.3 Å². The number of hydrogen-bond donors (Lipinski definition) is 0. The Morgan fingerprint density at radius 3 is 2.33 bits per heavy atom. The lowest BCUT2D eigenvalue weighted by molar-refractivity contribution is 0.130. The van der Waals surface area contributed by atoms with E-state index >= 15 is 0 Å². The minimum atomic E-state index is -0.256. The van der Waals surface area contributed by atoms with Gasteiger partial charge >= 0.3 is 0 Å². The molecule has 0 aliphatic carbocycles. The van der Waals surface area contributed by atoms with E-state index in [1.54, 1.807) is 19.2 Å². The molecule has 4 rings (SSSR count). The van der Waals surface area contributed by atoms with Crippen LogP contribution in [-0.2, 0) is 11.4 Å². The van der Waals surface area contributed by atoms with E-state index in [2.05, 4.69) is 47.8 Å². The number of oxime groups is 1. The average Bonchev–Trinajstić information content (AvgIpc) is 3.17. The number of aryl methyl sites for hydroxylation is 1. The van der Waals surface area contributed by atoms with Gasteiger partial charge in [-0.25, -0.2) is 4.39 Å². The van der Waals surface area contributed by atoms with Crippen molar-refractivity contribution in [3.63, 3.8) is 0 Å². The minimum absolute atomic E-state index is 0.256. The molecule has 1 aromatic heterocycles. The first kappa shape index (κ1) is 22.3. The maximum atomic E-state index is 13.6. The third kappa shape index (κ3) is 4.98. The molecule has 0 spiro atoms. The quantitative estimate of drug-likeness (QED) is 0.232. The van der Waals surface area contributed by atoms with Crippen LogP contribution in [0.25, 0.3) is 16.9 Å². The third-order valence-corrected chi connectivity index (χ3v) is 5.63. The minimum Gasteiger partial charge on any atom is -0.497 e. The van der Waals surface area contributed by atoms with Gasteiger partial charge < -0.3 is 14.1 Å². The predicted octanol–water partition coefficient (Wildman–Crippen LogP) is 6.85. The van der Waals surface area contributed by atoms with Crippen molar-refractivity contribution in [1.29, 1.82) is 0 Å². The highest BCUT2D eigenvalue weighted by Gasteiger charge is 2.17. The summed E-state index contributed by atoms with van der Waals surface area (Å²) in [5.74, 6) is 0.550. The summed E-state index contributed by atoms with van der Waals surface area (Å²) in [6.07, 6.45) is 0. The van der Waals surface area contributed by atoms with Gasteiger partial charge in [0, 0.05) is 16.9 Å². The molecular formula is C28H27FN2O2. The Hall–Kier alpha value is -3.86. The van der Waals surface area contributed by atoms with Gasteiger partial charge in [0.15, 0.2) is 0 Å². The standard InChI is InChI=1S/C28H27FN2O2/c1-19-6-5-7-25(16-19)31-21(3)27(17-28(31)23-10-12-24(29)13-11-23)20(2)30-33-18-22-8-14-26(32-4)15-9-22/h5-17H,18H2,1-4H3. The molecule has 0 N–H and O–H groups in total. The molecule has 33 heavy (non-hydrogen) atoms. The van der Waals surface area contributed by atoms with Gasteiger partial charge in [-0.05, 0) is 92.1 Å². The predicted molar refractivity (Wildman–Crippen MR) is 131 cm³/mol. The van der Waals surface area contributed by atoms with Gasteiger partial charge in [-0.15, -0.1) is 0 Å². The number of benzene rings is 3. The summed E-state index contributed by atoms with van der Waals surface area (Å²) >= 11 is 0. The smallest absolute Gasteiger partial charge is 0.142 e. The zero-order valence-corrected chi connectivity index (χ0v) is 19.3. The van der Waals surface area contributed by atoms with E-state index in [0.717, 1.165) is 45.2 Å². The third-order valence-electron chi connectivity index (χ3n) is 5.63. The highest BCUT2D eigenvalue weighted by molar-refractivity contribution is 6.01. The maximum Gasteiger partial charge on any atom is 0.142 e. The van der Waals surface area contributed by atoms with E-state index in [1.807, 2.05) is 37.3 Å². The van der Waals surface area contributed by atoms with Gasteiger partial charge in [0.1, 0.15) is 18.2 Å². The van der Waals surface area contributed by atoms with Gasteiger partial charge in [0.25, 0.3) is 0 Å². The SMILES string of the molecule is COc1ccc(CON=C(C)c2cc(-c3ccc(F)cc3)n(-c3cccc(C)c3)c2C)cc1. The van der Waals surface area contributed by atoms with Crippen molar-refractivity contribution in [3.8, 4) is 22.7 Å². The normalized spacial score (nSPS) is 11.5. The summed E-state index contributed by atoms with van der Waals surface area (Å²) in [7, 11) is 1.64. The molecule has 0 amide bonds. The topological polar surface area (TPSA) is 35.8 Å². The van der Waals surface area contributed by atoms with E-state index in [1.165, 1.54) is 17.7 Å². The molecule has 5 heteroatoms. The molecule has 0 saturated heterocycles. The van der Waals surface area contributed by atoms with Gasteiger partial charge in [-0.2, -0.15) is 0 Å². The van der Waals surface area contributed by atoms with Crippen LogP contribution in [0.4, 0.5) is 4.39 Å². The largest absolute Gasteiger partial charge is 0.497 e. The molecule has 0 atom stereocenters. The zero-order chi connectivity index (χ0) is 23.4. The number of aromatic nitrogens is 1. The van der Waals surface area contributed by atoms with Crippen molar-refractivity contribution < 1.29 is 14.0 Å². The first-order valence-electron chi connectivity index (χ1n) is 10.8. The number of ether oxygens (including phenoxy) is 1. The highest BCUT2D eigenvalue weighted by atomic mass is 19.1. The van der Waals surface area contributed by atoms with Crippen LogP contribution in [0, 0.1) is 19.7 Å². The number of halogens is 1. The molecule has 0 fully saturated rings. The Kier molecular flexibility index (Phi) is 6.59. The molecule has 1 heterocycles. The maximum absolute atomic E-state index is 13.6. The number of nitrogens with zero attached hydrogens (tertiary/aromatic N) is 2. The summed E-state index contributed by atoms with van der Waals surface area (Å²) in [5, 5.41) is 4.38. The number of rotatable bonds is 7. The molecule has 0 aliphatic heterocycles.